The SMILES string of the molecule is O=C(O)c1ccsc1C1(O)CCC1. The zero-order valence-electron chi connectivity index (χ0n) is 6.99. The van der Waals surface area contributed by atoms with Crippen LogP contribution < -0.4 is 0 Å². The molecule has 1 fully saturated rings. The van der Waals surface area contributed by atoms with E-state index in [0.29, 0.717) is 17.7 Å². The number of aliphatic hydroxyl groups is 1. The van der Waals surface area contributed by atoms with Gasteiger partial charge in [0.2, 0.25) is 0 Å². The van der Waals surface area contributed by atoms with Gasteiger partial charge in [-0.25, -0.2) is 4.79 Å². The second-order valence-corrected chi connectivity index (χ2v) is 4.27. The van der Waals surface area contributed by atoms with Crippen molar-refractivity contribution in [1.29, 1.82) is 0 Å². The molecule has 0 aromatic carbocycles. The fraction of sp³-hybridized carbons (Fsp3) is 0.444. The van der Waals surface area contributed by atoms with Gasteiger partial charge in [0.05, 0.1) is 16.0 Å². The van der Waals surface area contributed by atoms with Crippen LogP contribution in [-0.4, -0.2) is 16.2 Å². The maximum atomic E-state index is 10.8. The van der Waals surface area contributed by atoms with Crippen molar-refractivity contribution in [3.05, 3.63) is 21.9 Å². The quantitative estimate of drug-likeness (QED) is 0.762. The molecule has 0 atom stereocenters. The molecule has 0 unspecified atom stereocenters. The predicted octanol–water partition coefficient (Wildman–Crippen LogP) is 1.82. The lowest BCUT2D eigenvalue weighted by Crippen LogP contribution is -2.34. The number of rotatable bonds is 2. The Morgan fingerprint density at radius 3 is 2.69 bits per heavy atom. The summed E-state index contributed by atoms with van der Waals surface area (Å²) in [4.78, 5) is 11.4. The lowest BCUT2D eigenvalue weighted by molar-refractivity contribution is -0.0362. The molecule has 1 aliphatic carbocycles. The zero-order valence-corrected chi connectivity index (χ0v) is 7.80. The van der Waals surface area contributed by atoms with Crippen LogP contribution in [0.5, 0.6) is 0 Å². The van der Waals surface area contributed by atoms with E-state index in [1.165, 1.54) is 11.3 Å². The molecule has 0 spiro atoms. The topological polar surface area (TPSA) is 57.5 Å². The van der Waals surface area contributed by atoms with Crippen molar-refractivity contribution in [1.82, 2.24) is 0 Å². The molecule has 1 aromatic heterocycles. The van der Waals surface area contributed by atoms with Crippen LogP contribution in [0.1, 0.15) is 34.5 Å². The molecule has 1 aliphatic rings. The van der Waals surface area contributed by atoms with Crippen molar-refractivity contribution in [2.75, 3.05) is 0 Å². The predicted molar refractivity (Wildman–Crippen MR) is 49.0 cm³/mol. The minimum atomic E-state index is -0.948. The summed E-state index contributed by atoms with van der Waals surface area (Å²) in [6.07, 6.45) is 2.36. The number of hydrogen-bond acceptors (Lipinski definition) is 3. The highest BCUT2D eigenvalue weighted by Crippen LogP contribution is 2.44. The highest BCUT2D eigenvalue weighted by molar-refractivity contribution is 7.10. The third kappa shape index (κ3) is 1.26. The van der Waals surface area contributed by atoms with Crippen LogP contribution in [0.25, 0.3) is 0 Å². The normalized spacial score (nSPS) is 19.5. The summed E-state index contributed by atoms with van der Waals surface area (Å²) >= 11 is 1.33. The van der Waals surface area contributed by atoms with E-state index in [2.05, 4.69) is 0 Å². The molecule has 0 bridgehead atoms. The number of thiophene rings is 1. The number of hydrogen-bond donors (Lipinski definition) is 2. The van der Waals surface area contributed by atoms with Crippen molar-refractivity contribution >= 4 is 17.3 Å². The van der Waals surface area contributed by atoms with E-state index < -0.39 is 11.6 Å². The summed E-state index contributed by atoms with van der Waals surface area (Å²) in [6.45, 7) is 0. The number of carboxylic acid groups (broad SMARTS) is 1. The summed E-state index contributed by atoms with van der Waals surface area (Å²) in [5.41, 5.74) is -0.589. The molecule has 3 nitrogen and oxygen atoms in total. The third-order valence-electron chi connectivity index (χ3n) is 2.50. The Balaban J connectivity index is 2.39. The third-order valence-corrected chi connectivity index (χ3v) is 3.61. The summed E-state index contributed by atoms with van der Waals surface area (Å²) < 4.78 is 0. The first-order chi connectivity index (χ1) is 6.13. The second-order valence-electron chi connectivity index (χ2n) is 3.35. The molecule has 0 aliphatic heterocycles. The Kier molecular flexibility index (Phi) is 1.89. The smallest absolute Gasteiger partial charge is 0.336 e. The van der Waals surface area contributed by atoms with Crippen LogP contribution in [0.2, 0.25) is 0 Å². The van der Waals surface area contributed by atoms with Gasteiger partial charge >= 0.3 is 5.97 Å². The average molecular weight is 198 g/mol. The average Bonchev–Trinajstić information content (AvgIpc) is 2.47. The van der Waals surface area contributed by atoms with Gasteiger partial charge in [-0.15, -0.1) is 11.3 Å². The van der Waals surface area contributed by atoms with Gasteiger partial charge in [-0.05, 0) is 30.7 Å². The Morgan fingerprint density at radius 1 is 1.54 bits per heavy atom. The Hall–Kier alpha value is -0.870. The molecule has 1 heterocycles. The van der Waals surface area contributed by atoms with Gasteiger partial charge in [0.1, 0.15) is 0 Å². The van der Waals surface area contributed by atoms with Gasteiger partial charge < -0.3 is 10.2 Å². The maximum Gasteiger partial charge on any atom is 0.336 e. The summed E-state index contributed by atoms with van der Waals surface area (Å²) in [7, 11) is 0. The first-order valence-corrected chi connectivity index (χ1v) is 5.05. The lowest BCUT2D eigenvalue weighted by atomic mass is 9.78. The van der Waals surface area contributed by atoms with Crippen molar-refractivity contribution in [2.24, 2.45) is 0 Å². The summed E-state index contributed by atoms with van der Waals surface area (Å²) in [5, 5.41) is 20.5. The minimum absolute atomic E-state index is 0.257. The Morgan fingerprint density at radius 2 is 2.23 bits per heavy atom. The molecule has 0 radical (unpaired) electrons. The van der Waals surface area contributed by atoms with Crippen LogP contribution in [0.4, 0.5) is 0 Å². The van der Waals surface area contributed by atoms with Gasteiger partial charge in [-0.2, -0.15) is 0 Å². The number of aromatic carboxylic acids is 1. The Bertz CT molecular complexity index is 338. The maximum absolute atomic E-state index is 10.8. The molecule has 13 heavy (non-hydrogen) atoms. The van der Waals surface area contributed by atoms with Crippen molar-refractivity contribution in [3.8, 4) is 0 Å². The monoisotopic (exact) mass is 198 g/mol. The number of carbonyl (C=O) groups is 1. The zero-order chi connectivity index (χ0) is 9.47. The molecule has 0 saturated heterocycles. The van der Waals surface area contributed by atoms with Crippen LogP contribution in [0.15, 0.2) is 11.4 Å². The highest BCUT2D eigenvalue weighted by atomic mass is 32.1. The van der Waals surface area contributed by atoms with E-state index in [4.69, 9.17) is 5.11 Å². The molecule has 4 heteroatoms. The van der Waals surface area contributed by atoms with Crippen LogP contribution in [-0.2, 0) is 5.60 Å². The molecule has 2 rings (SSSR count). The lowest BCUT2D eigenvalue weighted by Gasteiger charge is -2.36. The van der Waals surface area contributed by atoms with Gasteiger partial charge in [0, 0.05) is 0 Å². The van der Waals surface area contributed by atoms with E-state index in [-0.39, 0.29) is 5.56 Å². The van der Waals surface area contributed by atoms with Crippen LogP contribution in [0.3, 0.4) is 0 Å². The molecule has 1 saturated carbocycles. The van der Waals surface area contributed by atoms with Crippen LogP contribution in [0, 0.1) is 0 Å². The summed E-state index contributed by atoms with van der Waals surface area (Å²) in [6, 6.07) is 1.55. The van der Waals surface area contributed by atoms with Gasteiger partial charge in [-0.3, -0.25) is 0 Å². The van der Waals surface area contributed by atoms with Gasteiger partial charge in [-0.1, -0.05) is 0 Å². The molecule has 1 aromatic rings. The van der Waals surface area contributed by atoms with Crippen molar-refractivity contribution in [3.63, 3.8) is 0 Å². The molecular weight excluding hydrogens is 188 g/mol. The molecule has 0 amide bonds. The first-order valence-electron chi connectivity index (χ1n) is 4.17. The standard InChI is InChI=1S/C9H10O3S/c10-8(11)6-2-5-13-7(6)9(12)3-1-4-9/h2,5,12H,1,3-4H2,(H,10,11). The molecule has 70 valence electrons. The van der Waals surface area contributed by atoms with E-state index in [1.807, 2.05) is 0 Å². The number of carboxylic acids is 1. The van der Waals surface area contributed by atoms with Crippen molar-refractivity contribution in [2.45, 2.75) is 24.9 Å². The van der Waals surface area contributed by atoms with Crippen LogP contribution >= 0.6 is 11.3 Å². The summed E-state index contributed by atoms with van der Waals surface area (Å²) in [5.74, 6) is -0.948. The second kappa shape index (κ2) is 2.82. The first kappa shape index (κ1) is 8.72. The van der Waals surface area contributed by atoms with E-state index in [1.54, 1.807) is 11.4 Å². The molecule has 2 N–H and O–H groups in total. The largest absolute Gasteiger partial charge is 0.478 e. The molecular formula is C9H10O3S. The highest BCUT2D eigenvalue weighted by Gasteiger charge is 2.40. The van der Waals surface area contributed by atoms with Crippen molar-refractivity contribution < 1.29 is 15.0 Å². The van der Waals surface area contributed by atoms with E-state index >= 15 is 0 Å². The fourth-order valence-corrected chi connectivity index (χ4v) is 2.62. The Labute approximate surface area is 79.6 Å². The van der Waals surface area contributed by atoms with E-state index in [0.717, 1.165) is 6.42 Å². The van der Waals surface area contributed by atoms with Gasteiger partial charge in [0.15, 0.2) is 0 Å². The van der Waals surface area contributed by atoms with E-state index in [9.17, 15) is 9.90 Å². The van der Waals surface area contributed by atoms with Gasteiger partial charge in [0.25, 0.3) is 0 Å². The fourth-order valence-electron chi connectivity index (χ4n) is 1.58. The minimum Gasteiger partial charge on any atom is -0.478 e.